The summed E-state index contributed by atoms with van der Waals surface area (Å²) in [6, 6.07) is 13.7. The number of anilines is 1. The first kappa shape index (κ1) is 50.0. The maximum absolute atomic E-state index is 14.5. The van der Waals surface area contributed by atoms with Crippen molar-refractivity contribution in [3.8, 4) is 5.75 Å². The Bertz CT molecular complexity index is 1850. The first-order valence-corrected chi connectivity index (χ1v) is 28.5. The summed E-state index contributed by atoms with van der Waals surface area (Å²) in [5.74, 6) is 0.693. The zero-order valence-corrected chi connectivity index (χ0v) is 41.2. The highest BCUT2D eigenvalue weighted by Gasteiger charge is 2.34. The molecule has 1 unspecified atom stereocenters. The van der Waals surface area contributed by atoms with Crippen molar-refractivity contribution in [3.05, 3.63) is 48.7 Å². The molecule has 11 heteroatoms. The highest BCUT2D eigenvalue weighted by molar-refractivity contribution is 7.91. The van der Waals surface area contributed by atoms with Gasteiger partial charge in [0.15, 0.2) is 4.90 Å². The van der Waals surface area contributed by atoms with Crippen LogP contribution in [0.25, 0.3) is 10.9 Å². The number of nitrogens with zero attached hydrogens (tertiary/aromatic N) is 5. The molecule has 3 aromatic rings. The molecule has 3 aliphatic heterocycles. The summed E-state index contributed by atoms with van der Waals surface area (Å²) < 4.78 is 47.8. The predicted octanol–water partition coefficient (Wildman–Crippen LogP) is 11.3. The smallest absolute Gasteiger partial charge is 0.210 e. The van der Waals surface area contributed by atoms with Crippen LogP contribution in [0.5, 0.6) is 5.75 Å². The Hall–Kier alpha value is -2.41. The largest absolute Gasteiger partial charge is 0.612 e. The van der Waals surface area contributed by atoms with Crippen LogP contribution in [0.15, 0.2) is 63.3 Å². The van der Waals surface area contributed by atoms with Gasteiger partial charge < -0.3 is 24.0 Å². The van der Waals surface area contributed by atoms with Gasteiger partial charge in [-0.15, -0.1) is 0 Å². The van der Waals surface area contributed by atoms with E-state index in [9.17, 15) is 13.0 Å². The number of benzene rings is 2. The highest BCUT2D eigenvalue weighted by atomic mass is 32.2. The average molecular weight is 906 g/mol. The van der Waals surface area contributed by atoms with Gasteiger partial charge in [-0.3, -0.25) is 9.88 Å². The summed E-state index contributed by atoms with van der Waals surface area (Å²) in [6.07, 6.45) is 31.9. The molecule has 0 saturated carbocycles. The van der Waals surface area contributed by atoms with Crippen LogP contribution in [0, 0.1) is 0 Å². The molecule has 1 aromatic heterocycles. The number of rotatable bonds is 27. The lowest BCUT2D eigenvalue weighted by molar-refractivity contribution is 0.0449. The molecular weight excluding hydrogens is 823 g/mol. The zero-order valence-electron chi connectivity index (χ0n) is 39.6. The summed E-state index contributed by atoms with van der Waals surface area (Å²) in [5.41, 5.74) is 1.40. The van der Waals surface area contributed by atoms with Gasteiger partial charge in [-0.2, -0.15) is 0 Å². The van der Waals surface area contributed by atoms with Gasteiger partial charge in [-0.1, -0.05) is 123 Å². The topological polar surface area (TPSA) is 92.3 Å². The van der Waals surface area contributed by atoms with E-state index >= 15 is 0 Å². The number of ether oxygens (including phenoxy) is 1. The van der Waals surface area contributed by atoms with Crippen molar-refractivity contribution in [1.82, 2.24) is 19.7 Å². The normalized spacial score (nSPS) is 18.4. The Kier molecular flexibility index (Phi) is 21.2. The van der Waals surface area contributed by atoms with Crippen molar-refractivity contribution in [2.75, 3.05) is 76.7 Å². The molecule has 352 valence electrons. The van der Waals surface area contributed by atoms with Crippen molar-refractivity contribution in [2.24, 2.45) is 0 Å². The number of piperazine rings is 1. The molecule has 3 fully saturated rings. The van der Waals surface area contributed by atoms with Crippen molar-refractivity contribution >= 4 is 37.6 Å². The van der Waals surface area contributed by atoms with Gasteiger partial charge in [0, 0.05) is 69.0 Å². The van der Waals surface area contributed by atoms with Gasteiger partial charge in [-0.05, 0) is 99.3 Å². The average Bonchev–Trinajstić information content (AvgIpc) is 3.32. The maximum atomic E-state index is 14.5. The molecule has 63 heavy (non-hydrogen) atoms. The van der Waals surface area contributed by atoms with Gasteiger partial charge in [0.1, 0.15) is 16.9 Å². The van der Waals surface area contributed by atoms with E-state index in [1.807, 2.05) is 18.2 Å². The molecule has 3 aliphatic rings. The van der Waals surface area contributed by atoms with E-state index in [0.29, 0.717) is 40.5 Å². The van der Waals surface area contributed by atoms with Crippen molar-refractivity contribution < 1.29 is 17.7 Å². The number of unbranched alkanes of at least 4 members (excludes halogenated alkanes) is 17. The third-order valence-electron chi connectivity index (χ3n) is 14.5. The van der Waals surface area contributed by atoms with Crippen molar-refractivity contribution in [3.63, 3.8) is 0 Å². The number of fused-ring (bicyclic) bond motifs is 1. The molecule has 0 N–H and O–H groups in total. The number of sulfone groups is 1. The molecule has 2 aromatic carbocycles. The van der Waals surface area contributed by atoms with E-state index in [2.05, 4.69) is 38.4 Å². The molecular formula is C52H83N5O4S2. The van der Waals surface area contributed by atoms with Crippen LogP contribution in [0.1, 0.15) is 155 Å². The summed E-state index contributed by atoms with van der Waals surface area (Å²) >= 11 is -1.21. The minimum absolute atomic E-state index is 0.212. The van der Waals surface area contributed by atoms with Gasteiger partial charge in [0.05, 0.1) is 22.7 Å². The second kappa shape index (κ2) is 26.7. The lowest BCUT2D eigenvalue weighted by Gasteiger charge is -2.46. The monoisotopic (exact) mass is 906 g/mol. The van der Waals surface area contributed by atoms with Crippen molar-refractivity contribution in [2.45, 2.75) is 182 Å². The number of pyridine rings is 1. The zero-order chi connectivity index (χ0) is 44.3. The molecule has 9 nitrogen and oxygen atoms in total. The Morgan fingerprint density at radius 2 is 1.16 bits per heavy atom. The van der Waals surface area contributed by atoms with Gasteiger partial charge >= 0.3 is 0 Å². The fourth-order valence-electron chi connectivity index (χ4n) is 10.4. The summed E-state index contributed by atoms with van der Waals surface area (Å²) in [5, 5.41) is 0.746. The molecule has 0 aliphatic carbocycles. The molecule has 0 amide bonds. The number of piperidine rings is 2. The second-order valence-electron chi connectivity index (χ2n) is 18.9. The molecule has 4 heterocycles. The molecule has 1 atom stereocenters. The van der Waals surface area contributed by atoms with Crippen LogP contribution in [0.3, 0.4) is 0 Å². The highest BCUT2D eigenvalue weighted by Crippen LogP contribution is 2.39. The molecule has 0 bridgehead atoms. The minimum atomic E-state index is -3.92. The van der Waals surface area contributed by atoms with Crippen LogP contribution in [0.2, 0.25) is 0 Å². The van der Waals surface area contributed by atoms with E-state index in [4.69, 9.17) is 4.74 Å². The molecule has 3 saturated heterocycles. The van der Waals surface area contributed by atoms with E-state index in [1.54, 1.807) is 30.5 Å². The summed E-state index contributed by atoms with van der Waals surface area (Å²) in [7, 11) is -3.92. The van der Waals surface area contributed by atoms with Crippen LogP contribution in [-0.4, -0.2) is 117 Å². The summed E-state index contributed by atoms with van der Waals surface area (Å²) in [6.45, 7) is 14.9. The van der Waals surface area contributed by atoms with Crippen LogP contribution < -0.4 is 9.64 Å². The fraction of sp³-hybridized carbons (Fsp3) is 0.712. The number of hydrogen-bond donors (Lipinski definition) is 0. The lowest BCUT2D eigenvalue weighted by atomic mass is 9.96. The fourth-order valence-corrected chi connectivity index (χ4v) is 12.4. The number of aromatic nitrogens is 1. The third kappa shape index (κ3) is 15.1. The van der Waals surface area contributed by atoms with E-state index < -0.39 is 21.0 Å². The maximum Gasteiger partial charge on any atom is 0.210 e. The summed E-state index contributed by atoms with van der Waals surface area (Å²) in [4.78, 5) is 16.0. The quantitative estimate of drug-likeness (QED) is 0.0548. The van der Waals surface area contributed by atoms with E-state index in [-0.39, 0.29) is 9.79 Å². The van der Waals surface area contributed by atoms with Crippen LogP contribution in [0.4, 0.5) is 5.69 Å². The first-order chi connectivity index (χ1) is 30.8. The van der Waals surface area contributed by atoms with E-state index in [1.165, 1.54) is 148 Å². The Morgan fingerprint density at radius 1 is 0.651 bits per heavy atom. The molecule has 0 spiro atoms. The van der Waals surface area contributed by atoms with Crippen LogP contribution in [-0.2, 0) is 21.0 Å². The second-order valence-corrected chi connectivity index (χ2v) is 22.2. The SMILES string of the molecule is CCCCCCCCCCCCCCCCCCCCOc1ccc(S(=O)(=O)c2cnc3ccc([S+](C)[O-])cc3c2N2CCC(N3CCC(N4CCN(CC)CC4)CC3)CC2)cc1. The van der Waals surface area contributed by atoms with Crippen molar-refractivity contribution in [1.29, 1.82) is 0 Å². The Morgan fingerprint density at radius 3 is 1.68 bits per heavy atom. The van der Waals surface area contributed by atoms with Crippen LogP contribution >= 0.6 is 0 Å². The van der Waals surface area contributed by atoms with Gasteiger partial charge in [0.2, 0.25) is 9.84 Å². The van der Waals surface area contributed by atoms with Gasteiger partial charge in [0.25, 0.3) is 0 Å². The van der Waals surface area contributed by atoms with Gasteiger partial charge in [-0.25, -0.2) is 8.42 Å². The molecule has 0 radical (unpaired) electrons. The van der Waals surface area contributed by atoms with E-state index in [0.717, 1.165) is 63.8 Å². The number of likely N-dealkylation sites (tertiary alicyclic amines) is 1. The third-order valence-corrected chi connectivity index (χ3v) is 17.2. The number of likely N-dealkylation sites (N-methyl/N-ethyl adjacent to an activating group) is 1. The Balaban J connectivity index is 0.948. The Labute approximate surface area is 386 Å². The lowest BCUT2D eigenvalue weighted by Crippen LogP contribution is -2.55. The molecule has 6 rings (SSSR count). The standard InChI is InChI=1S/C52H83N5O4S2/c1-4-6-7-8-9-10-11-12-13-14-15-16-17-18-19-20-21-22-41-61-46-23-26-48(27-24-46)63(59,60)51-43-53-50-28-25-47(62(3)58)42-49(50)52(51)57-35-31-44(32-36-57)55-33-29-45(30-34-55)56-39-37-54(5-2)38-40-56/h23-28,42-45H,4-22,29-41H2,1-3H3. The minimum Gasteiger partial charge on any atom is -0.612 e. The first-order valence-electron chi connectivity index (χ1n) is 25.5. The number of hydrogen-bond acceptors (Lipinski definition) is 9. The predicted molar refractivity (Wildman–Crippen MR) is 264 cm³/mol.